The lowest BCUT2D eigenvalue weighted by atomic mass is 10.3. The topological polar surface area (TPSA) is 76.2 Å². The van der Waals surface area contributed by atoms with Gasteiger partial charge in [0, 0.05) is 17.3 Å². The van der Waals surface area contributed by atoms with Crippen molar-refractivity contribution >= 4 is 17.3 Å². The third-order valence-electron chi connectivity index (χ3n) is 1.54. The number of aromatic carboxylic acids is 1. The van der Waals surface area contributed by atoms with Gasteiger partial charge in [-0.15, -0.1) is 11.3 Å². The maximum Gasteiger partial charge on any atom is 0.355 e. The van der Waals surface area contributed by atoms with Crippen molar-refractivity contribution < 1.29 is 9.90 Å². The predicted molar refractivity (Wildman–Crippen MR) is 51.2 cm³/mol. The molecular formula is C8H12N2O2S. The molecule has 3 N–H and O–H groups in total. The van der Waals surface area contributed by atoms with E-state index in [0.717, 1.165) is 9.88 Å². The molecule has 0 aromatic carbocycles. The van der Waals surface area contributed by atoms with Gasteiger partial charge < -0.3 is 10.8 Å². The van der Waals surface area contributed by atoms with Crippen molar-refractivity contribution in [3.05, 3.63) is 15.6 Å². The van der Waals surface area contributed by atoms with E-state index in [1.165, 1.54) is 11.3 Å². The van der Waals surface area contributed by atoms with E-state index in [2.05, 4.69) is 4.98 Å². The first kappa shape index (κ1) is 10.1. The highest BCUT2D eigenvalue weighted by Crippen LogP contribution is 2.18. The summed E-state index contributed by atoms with van der Waals surface area (Å²) in [6.07, 6.45) is 0.638. The minimum atomic E-state index is -0.968. The van der Waals surface area contributed by atoms with E-state index in [1.807, 2.05) is 6.92 Å². The van der Waals surface area contributed by atoms with E-state index >= 15 is 0 Å². The molecule has 0 radical (unpaired) electrons. The number of carboxylic acids is 1. The quantitative estimate of drug-likeness (QED) is 0.764. The van der Waals surface area contributed by atoms with Crippen molar-refractivity contribution in [2.45, 2.75) is 26.3 Å². The first-order valence-electron chi connectivity index (χ1n) is 3.96. The molecule has 5 heteroatoms. The van der Waals surface area contributed by atoms with Crippen molar-refractivity contribution in [3.8, 4) is 0 Å². The molecule has 0 saturated carbocycles. The Morgan fingerprint density at radius 2 is 2.38 bits per heavy atom. The summed E-state index contributed by atoms with van der Waals surface area (Å²) in [4.78, 5) is 15.4. The third-order valence-corrected chi connectivity index (χ3v) is 2.53. The van der Waals surface area contributed by atoms with Gasteiger partial charge in [-0.2, -0.15) is 0 Å². The highest BCUT2D eigenvalue weighted by atomic mass is 32.1. The molecule has 0 amide bonds. The van der Waals surface area contributed by atoms with E-state index in [1.54, 1.807) is 6.92 Å². The van der Waals surface area contributed by atoms with E-state index < -0.39 is 5.97 Å². The van der Waals surface area contributed by atoms with Crippen molar-refractivity contribution in [1.29, 1.82) is 0 Å². The lowest BCUT2D eigenvalue weighted by Crippen LogP contribution is -2.17. The van der Waals surface area contributed by atoms with E-state index in [-0.39, 0.29) is 11.7 Å². The van der Waals surface area contributed by atoms with Crippen molar-refractivity contribution in [1.82, 2.24) is 4.98 Å². The third kappa shape index (κ3) is 2.50. The van der Waals surface area contributed by atoms with Gasteiger partial charge in [0.25, 0.3) is 0 Å². The number of aromatic nitrogens is 1. The fourth-order valence-corrected chi connectivity index (χ4v) is 2.08. The number of nitrogens with two attached hydrogens (primary N) is 1. The highest BCUT2D eigenvalue weighted by Gasteiger charge is 2.14. The zero-order valence-corrected chi connectivity index (χ0v) is 8.39. The van der Waals surface area contributed by atoms with Crippen LogP contribution in [-0.4, -0.2) is 22.1 Å². The van der Waals surface area contributed by atoms with E-state index in [4.69, 9.17) is 10.8 Å². The summed E-state index contributed by atoms with van der Waals surface area (Å²) in [5.74, 6) is -0.968. The van der Waals surface area contributed by atoms with Crippen LogP contribution in [0.1, 0.15) is 27.3 Å². The number of nitrogens with zero attached hydrogens (tertiary/aromatic N) is 1. The van der Waals surface area contributed by atoms with E-state index in [9.17, 15) is 4.79 Å². The molecule has 0 bridgehead atoms. The number of rotatable bonds is 3. The first-order valence-corrected chi connectivity index (χ1v) is 4.77. The fraction of sp³-hybridized carbons (Fsp3) is 0.500. The number of carboxylic acid groups (broad SMARTS) is 1. The van der Waals surface area contributed by atoms with Crippen LogP contribution in [0.3, 0.4) is 0 Å². The summed E-state index contributed by atoms with van der Waals surface area (Å²) in [5.41, 5.74) is 5.73. The number of carbonyl (C=O) groups is 1. The largest absolute Gasteiger partial charge is 0.476 e. The summed E-state index contributed by atoms with van der Waals surface area (Å²) in [5, 5.41) is 9.52. The molecule has 1 unspecified atom stereocenters. The molecule has 0 spiro atoms. The van der Waals surface area contributed by atoms with Crippen LogP contribution in [0.5, 0.6) is 0 Å². The van der Waals surface area contributed by atoms with Crippen LogP contribution in [0.15, 0.2) is 0 Å². The molecule has 72 valence electrons. The van der Waals surface area contributed by atoms with Crippen LogP contribution in [-0.2, 0) is 6.42 Å². The monoisotopic (exact) mass is 200 g/mol. The number of hydrogen-bond acceptors (Lipinski definition) is 4. The summed E-state index contributed by atoms with van der Waals surface area (Å²) in [7, 11) is 0. The number of aryl methyl sites for hydroxylation is 1. The molecule has 4 nitrogen and oxygen atoms in total. The van der Waals surface area contributed by atoms with Gasteiger partial charge in [-0.05, 0) is 13.8 Å². The Bertz CT molecular complexity index is 320. The Labute approximate surface area is 80.4 Å². The van der Waals surface area contributed by atoms with Gasteiger partial charge in [-0.1, -0.05) is 0 Å². The predicted octanol–water partition coefficient (Wildman–Crippen LogP) is 1.04. The maximum absolute atomic E-state index is 10.6. The molecular weight excluding hydrogens is 188 g/mol. The van der Waals surface area contributed by atoms with Gasteiger partial charge >= 0.3 is 5.97 Å². The summed E-state index contributed by atoms with van der Waals surface area (Å²) in [6, 6.07) is 0.0206. The Hall–Kier alpha value is -0.940. The van der Waals surface area contributed by atoms with Gasteiger partial charge in [0.15, 0.2) is 5.69 Å². The minimum Gasteiger partial charge on any atom is -0.476 e. The summed E-state index contributed by atoms with van der Waals surface area (Å²) < 4.78 is 0. The Balaban J connectivity index is 2.89. The first-order chi connectivity index (χ1) is 6.00. The van der Waals surface area contributed by atoms with Crippen LogP contribution in [0.2, 0.25) is 0 Å². The van der Waals surface area contributed by atoms with Crippen LogP contribution >= 0.6 is 11.3 Å². The average molecular weight is 200 g/mol. The van der Waals surface area contributed by atoms with Crippen molar-refractivity contribution in [3.63, 3.8) is 0 Å². The molecule has 1 rings (SSSR count). The standard InChI is InChI=1S/C8H12N2O2S/c1-4(9)3-6-10-7(8(11)12)5(2)13-6/h4H,3,9H2,1-2H3,(H,11,12). The zero-order chi connectivity index (χ0) is 10.0. The van der Waals surface area contributed by atoms with Crippen LogP contribution in [0.4, 0.5) is 0 Å². The lowest BCUT2D eigenvalue weighted by Gasteiger charge is -1.98. The Morgan fingerprint density at radius 1 is 1.77 bits per heavy atom. The molecule has 13 heavy (non-hydrogen) atoms. The molecule has 1 aromatic rings. The number of thiazole rings is 1. The fourth-order valence-electron chi connectivity index (χ4n) is 1.01. The average Bonchev–Trinajstić information content (AvgIpc) is 2.29. The molecule has 0 aliphatic heterocycles. The highest BCUT2D eigenvalue weighted by molar-refractivity contribution is 7.11. The number of hydrogen-bond donors (Lipinski definition) is 2. The molecule has 1 atom stereocenters. The van der Waals surface area contributed by atoms with Gasteiger partial charge in [0.1, 0.15) is 0 Å². The van der Waals surface area contributed by atoms with Crippen LogP contribution in [0, 0.1) is 6.92 Å². The molecule has 0 saturated heterocycles. The summed E-state index contributed by atoms with van der Waals surface area (Å²) in [6.45, 7) is 3.63. The van der Waals surface area contributed by atoms with Gasteiger partial charge in [-0.3, -0.25) is 0 Å². The normalized spacial score (nSPS) is 12.8. The molecule has 0 fully saturated rings. The van der Waals surface area contributed by atoms with E-state index in [0.29, 0.717) is 6.42 Å². The zero-order valence-electron chi connectivity index (χ0n) is 7.57. The molecule has 0 aliphatic carbocycles. The van der Waals surface area contributed by atoms with Crippen LogP contribution < -0.4 is 5.73 Å². The second kappa shape index (κ2) is 3.85. The maximum atomic E-state index is 10.6. The van der Waals surface area contributed by atoms with Gasteiger partial charge in [-0.25, -0.2) is 9.78 Å². The second-order valence-electron chi connectivity index (χ2n) is 3.00. The minimum absolute atomic E-state index is 0.0206. The molecule has 1 heterocycles. The van der Waals surface area contributed by atoms with Crippen LogP contribution in [0.25, 0.3) is 0 Å². The Morgan fingerprint density at radius 3 is 2.77 bits per heavy atom. The smallest absolute Gasteiger partial charge is 0.355 e. The van der Waals surface area contributed by atoms with Gasteiger partial charge in [0.2, 0.25) is 0 Å². The molecule has 0 aliphatic rings. The van der Waals surface area contributed by atoms with Gasteiger partial charge in [0.05, 0.1) is 5.01 Å². The molecule has 1 aromatic heterocycles. The van der Waals surface area contributed by atoms with Crippen molar-refractivity contribution in [2.75, 3.05) is 0 Å². The lowest BCUT2D eigenvalue weighted by molar-refractivity contribution is 0.0690. The van der Waals surface area contributed by atoms with Crippen molar-refractivity contribution in [2.24, 2.45) is 5.73 Å². The summed E-state index contributed by atoms with van der Waals surface area (Å²) >= 11 is 1.40. The second-order valence-corrected chi connectivity index (χ2v) is 4.29. The Kier molecular flexibility index (Phi) is 3.00. The SMILES string of the molecule is Cc1sc(CC(C)N)nc1C(=O)O.